The van der Waals surface area contributed by atoms with Crippen LogP contribution in [0, 0.1) is 6.92 Å². The Hall–Kier alpha value is -0.940. The first kappa shape index (κ1) is 10.1. The van der Waals surface area contributed by atoms with Crippen LogP contribution in [0.2, 0.25) is 0 Å². The lowest BCUT2D eigenvalue weighted by Gasteiger charge is -1.97. The van der Waals surface area contributed by atoms with Gasteiger partial charge in [0.2, 0.25) is 0 Å². The monoisotopic (exact) mass is 201 g/mol. The molecule has 13 heavy (non-hydrogen) atoms. The highest BCUT2D eigenvalue weighted by molar-refractivity contribution is 7.13. The van der Waals surface area contributed by atoms with E-state index in [1.165, 1.54) is 11.3 Å². The van der Waals surface area contributed by atoms with Crippen LogP contribution in [0.25, 0.3) is 0 Å². The van der Waals surface area contributed by atoms with Gasteiger partial charge in [0.1, 0.15) is 9.88 Å². The fourth-order valence-electron chi connectivity index (χ4n) is 0.906. The van der Waals surface area contributed by atoms with Crippen molar-refractivity contribution < 1.29 is 14.6 Å². The molecular formula is C8H11NO3S. The van der Waals surface area contributed by atoms with Crippen LogP contribution in [0.5, 0.6) is 0 Å². The molecule has 0 bridgehead atoms. The zero-order valence-electron chi connectivity index (χ0n) is 7.53. The fourth-order valence-corrected chi connectivity index (χ4v) is 1.72. The number of aryl methyl sites for hydroxylation is 1. The number of ether oxygens (including phenoxy) is 1. The summed E-state index contributed by atoms with van der Waals surface area (Å²) in [6, 6.07) is 0. The van der Waals surface area contributed by atoms with Gasteiger partial charge in [-0.15, -0.1) is 11.3 Å². The van der Waals surface area contributed by atoms with Crippen LogP contribution in [0.4, 0.5) is 0 Å². The van der Waals surface area contributed by atoms with E-state index in [1.54, 1.807) is 13.8 Å². The number of thiazole rings is 1. The lowest BCUT2D eigenvalue weighted by atomic mass is 10.4. The minimum atomic E-state index is -0.364. The average Bonchev–Trinajstić information content (AvgIpc) is 2.47. The van der Waals surface area contributed by atoms with Gasteiger partial charge in [0.25, 0.3) is 0 Å². The summed E-state index contributed by atoms with van der Waals surface area (Å²) in [6.07, 6.45) is 0. The molecule has 0 saturated heterocycles. The van der Waals surface area contributed by atoms with Crippen LogP contribution < -0.4 is 0 Å². The highest BCUT2D eigenvalue weighted by Gasteiger charge is 2.15. The third-order valence-electron chi connectivity index (χ3n) is 1.44. The molecule has 1 aromatic heterocycles. The number of aromatic nitrogens is 1. The van der Waals surface area contributed by atoms with E-state index < -0.39 is 0 Å². The van der Waals surface area contributed by atoms with Crippen molar-refractivity contribution in [3.63, 3.8) is 0 Å². The topological polar surface area (TPSA) is 59.4 Å². The molecule has 1 rings (SSSR count). The summed E-state index contributed by atoms with van der Waals surface area (Å²) in [4.78, 5) is 15.7. The Bertz CT molecular complexity index is 308. The number of esters is 1. The highest BCUT2D eigenvalue weighted by Crippen LogP contribution is 2.18. The molecule has 4 nitrogen and oxygen atoms in total. The predicted octanol–water partition coefficient (Wildman–Crippen LogP) is 1.12. The molecule has 5 heteroatoms. The molecular weight excluding hydrogens is 190 g/mol. The Balaban J connectivity index is 2.87. The van der Waals surface area contributed by atoms with E-state index in [4.69, 9.17) is 9.84 Å². The molecule has 0 saturated carbocycles. The summed E-state index contributed by atoms with van der Waals surface area (Å²) >= 11 is 1.17. The lowest BCUT2D eigenvalue weighted by molar-refractivity contribution is 0.0531. The van der Waals surface area contributed by atoms with Crippen LogP contribution in [0.1, 0.15) is 27.3 Å². The lowest BCUT2D eigenvalue weighted by Crippen LogP contribution is -2.03. The van der Waals surface area contributed by atoms with E-state index in [9.17, 15) is 4.79 Å². The van der Waals surface area contributed by atoms with Crippen LogP contribution in [0.3, 0.4) is 0 Å². The maximum atomic E-state index is 11.3. The molecule has 0 spiro atoms. The van der Waals surface area contributed by atoms with Crippen LogP contribution >= 0.6 is 11.3 Å². The van der Waals surface area contributed by atoms with Gasteiger partial charge in [0.15, 0.2) is 0 Å². The van der Waals surface area contributed by atoms with Gasteiger partial charge in [-0.1, -0.05) is 0 Å². The average molecular weight is 201 g/mol. The van der Waals surface area contributed by atoms with Gasteiger partial charge < -0.3 is 9.84 Å². The number of hydrogen-bond donors (Lipinski definition) is 1. The first-order valence-electron chi connectivity index (χ1n) is 3.93. The van der Waals surface area contributed by atoms with Gasteiger partial charge in [-0.2, -0.15) is 0 Å². The summed E-state index contributed by atoms with van der Waals surface area (Å²) in [5, 5.41) is 9.33. The summed E-state index contributed by atoms with van der Waals surface area (Å²) in [6.45, 7) is 3.69. The largest absolute Gasteiger partial charge is 0.462 e. The molecule has 0 unspecified atom stereocenters. The maximum Gasteiger partial charge on any atom is 0.350 e. The number of aliphatic hydroxyl groups excluding tert-OH is 1. The molecule has 1 aromatic rings. The molecule has 0 atom stereocenters. The van der Waals surface area contributed by atoms with Crippen LogP contribution in [-0.4, -0.2) is 22.7 Å². The van der Waals surface area contributed by atoms with E-state index in [1.807, 2.05) is 0 Å². The number of carbonyl (C=O) groups is 1. The molecule has 0 aromatic carbocycles. The third kappa shape index (κ3) is 2.26. The molecule has 0 amide bonds. The minimum absolute atomic E-state index is 0.134. The zero-order valence-corrected chi connectivity index (χ0v) is 8.35. The number of aliphatic hydroxyl groups is 1. The molecule has 1 N–H and O–H groups in total. The molecule has 1 heterocycles. The Morgan fingerprint density at radius 2 is 2.38 bits per heavy atom. The molecule has 0 aliphatic rings. The fraction of sp³-hybridized carbons (Fsp3) is 0.500. The Morgan fingerprint density at radius 3 is 2.85 bits per heavy atom. The number of rotatable bonds is 3. The van der Waals surface area contributed by atoms with E-state index in [0.29, 0.717) is 22.2 Å². The van der Waals surface area contributed by atoms with E-state index in [-0.39, 0.29) is 12.6 Å². The molecule has 72 valence electrons. The van der Waals surface area contributed by atoms with Crippen molar-refractivity contribution in [2.75, 3.05) is 6.61 Å². The second-order valence-corrected chi connectivity index (χ2v) is 3.48. The van der Waals surface area contributed by atoms with Gasteiger partial charge >= 0.3 is 5.97 Å². The summed E-state index contributed by atoms with van der Waals surface area (Å²) < 4.78 is 4.82. The molecule has 0 aliphatic heterocycles. The minimum Gasteiger partial charge on any atom is -0.462 e. The number of carbonyl (C=O) groups excluding carboxylic acids is 1. The summed E-state index contributed by atoms with van der Waals surface area (Å²) in [7, 11) is 0. The Kier molecular flexibility index (Phi) is 3.39. The predicted molar refractivity (Wildman–Crippen MR) is 48.7 cm³/mol. The normalized spacial score (nSPS) is 10.1. The smallest absolute Gasteiger partial charge is 0.350 e. The quantitative estimate of drug-likeness (QED) is 0.744. The second-order valence-electron chi connectivity index (χ2n) is 2.40. The van der Waals surface area contributed by atoms with Crippen molar-refractivity contribution in [2.45, 2.75) is 20.5 Å². The van der Waals surface area contributed by atoms with Gasteiger partial charge in [0, 0.05) is 0 Å². The van der Waals surface area contributed by atoms with Crippen molar-refractivity contribution in [3.8, 4) is 0 Å². The molecule has 0 radical (unpaired) electrons. The van der Waals surface area contributed by atoms with E-state index in [2.05, 4.69) is 4.98 Å². The van der Waals surface area contributed by atoms with Crippen molar-refractivity contribution in [1.82, 2.24) is 4.98 Å². The molecule has 0 fully saturated rings. The number of hydrogen-bond acceptors (Lipinski definition) is 5. The van der Waals surface area contributed by atoms with E-state index in [0.717, 1.165) is 0 Å². The van der Waals surface area contributed by atoms with Gasteiger partial charge in [0.05, 0.1) is 18.9 Å². The Labute approximate surface area is 80.2 Å². The van der Waals surface area contributed by atoms with Crippen molar-refractivity contribution in [3.05, 3.63) is 15.6 Å². The van der Waals surface area contributed by atoms with Crippen molar-refractivity contribution in [2.24, 2.45) is 0 Å². The van der Waals surface area contributed by atoms with E-state index >= 15 is 0 Å². The number of nitrogens with zero attached hydrogens (tertiary/aromatic N) is 1. The second kappa shape index (κ2) is 4.34. The highest BCUT2D eigenvalue weighted by atomic mass is 32.1. The van der Waals surface area contributed by atoms with Gasteiger partial charge in [-0.3, -0.25) is 0 Å². The SMILES string of the molecule is CCOC(=O)c1sc(CO)nc1C. The summed E-state index contributed by atoms with van der Waals surface area (Å²) in [5.74, 6) is -0.364. The zero-order chi connectivity index (χ0) is 9.84. The summed E-state index contributed by atoms with van der Waals surface area (Å²) in [5.41, 5.74) is 0.618. The first-order chi connectivity index (χ1) is 6.19. The van der Waals surface area contributed by atoms with Crippen molar-refractivity contribution >= 4 is 17.3 Å². The first-order valence-corrected chi connectivity index (χ1v) is 4.75. The standard InChI is InChI=1S/C8H11NO3S/c1-3-12-8(11)7-5(2)9-6(4-10)13-7/h10H,3-4H2,1-2H3. The molecule has 0 aliphatic carbocycles. The maximum absolute atomic E-state index is 11.3. The van der Waals surface area contributed by atoms with Crippen LogP contribution in [0.15, 0.2) is 0 Å². The van der Waals surface area contributed by atoms with Gasteiger partial charge in [-0.25, -0.2) is 9.78 Å². The van der Waals surface area contributed by atoms with Crippen molar-refractivity contribution in [1.29, 1.82) is 0 Å². The third-order valence-corrected chi connectivity index (χ3v) is 2.56. The van der Waals surface area contributed by atoms with Crippen LogP contribution in [-0.2, 0) is 11.3 Å². The van der Waals surface area contributed by atoms with Gasteiger partial charge in [-0.05, 0) is 13.8 Å². The Morgan fingerprint density at radius 1 is 1.69 bits per heavy atom.